The maximum absolute atomic E-state index is 12.3. The van der Waals surface area contributed by atoms with Crippen molar-refractivity contribution in [2.75, 3.05) is 18.4 Å². The van der Waals surface area contributed by atoms with Crippen molar-refractivity contribution in [3.63, 3.8) is 0 Å². The second kappa shape index (κ2) is 7.94. The molecular weight excluding hydrogens is 352 g/mol. The van der Waals surface area contributed by atoms with Crippen LogP contribution >= 0.6 is 11.3 Å². The van der Waals surface area contributed by atoms with E-state index in [2.05, 4.69) is 29.0 Å². The SMILES string of the molecule is CC1CN(Cc2ccc(C(=O)Nc3ncc(C(N)=O)s3)cc2)CC(C)O1. The minimum atomic E-state index is -0.556. The summed E-state index contributed by atoms with van der Waals surface area (Å²) in [6, 6.07) is 7.49. The van der Waals surface area contributed by atoms with Crippen molar-refractivity contribution in [2.45, 2.75) is 32.6 Å². The molecule has 0 bridgehead atoms. The van der Waals surface area contributed by atoms with Gasteiger partial charge in [0.2, 0.25) is 0 Å². The molecule has 2 atom stereocenters. The minimum Gasteiger partial charge on any atom is -0.373 e. The summed E-state index contributed by atoms with van der Waals surface area (Å²) in [6.07, 6.45) is 1.82. The van der Waals surface area contributed by atoms with Gasteiger partial charge in [-0.05, 0) is 31.5 Å². The highest BCUT2D eigenvalue weighted by molar-refractivity contribution is 7.17. The molecule has 1 aromatic heterocycles. The molecule has 7 nitrogen and oxygen atoms in total. The van der Waals surface area contributed by atoms with Crippen LogP contribution < -0.4 is 11.1 Å². The van der Waals surface area contributed by atoms with Crippen LogP contribution in [0.3, 0.4) is 0 Å². The first-order valence-electron chi connectivity index (χ1n) is 8.44. The first-order valence-corrected chi connectivity index (χ1v) is 9.26. The third kappa shape index (κ3) is 4.66. The topological polar surface area (TPSA) is 97.5 Å². The van der Waals surface area contributed by atoms with Gasteiger partial charge in [-0.3, -0.25) is 19.8 Å². The Kier molecular flexibility index (Phi) is 5.65. The van der Waals surface area contributed by atoms with Crippen molar-refractivity contribution in [3.8, 4) is 0 Å². The van der Waals surface area contributed by atoms with E-state index >= 15 is 0 Å². The maximum Gasteiger partial charge on any atom is 0.260 e. The van der Waals surface area contributed by atoms with Crippen LogP contribution in [0.4, 0.5) is 5.13 Å². The average Bonchev–Trinajstić information content (AvgIpc) is 3.03. The number of morpholine rings is 1. The van der Waals surface area contributed by atoms with Gasteiger partial charge in [-0.1, -0.05) is 23.5 Å². The summed E-state index contributed by atoms with van der Waals surface area (Å²) < 4.78 is 5.75. The van der Waals surface area contributed by atoms with E-state index in [0.717, 1.165) is 36.5 Å². The molecule has 0 radical (unpaired) electrons. The van der Waals surface area contributed by atoms with E-state index in [9.17, 15) is 9.59 Å². The monoisotopic (exact) mass is 374 g/mol. The molecule has 3 N–H and O–H groups in total. The van der Waals surface area contributed by atoms with Gasteiger partial charge in [0.15, 0.2) is 5.13 Å². The van der Waals surface area contributed by atoms with E-state index in [0.29, 0.717) is 15.6 Å². The lowest BCUT2D eigenvalue weighted by molar-refractivity contribution is -0.0704. The fourth-order valence-electron chi connectivity index (χ4n) is 3.05. The summed E-state index contributed by atoms with van der Waals surface area (Å²) in [5, 5.41) is 3.03. The molecular formula is C18H22N4O3S. The molecule has 1 fully saturated rings. The summed E-state index contributed by atoms with van der Waals surface area (Å²) in [5.41, 5.74) is 6.87. The molecule has 1 aliphatic rings. The molecule has 26 heavy (non-hydrogen) atoms. The third-order valence-electron chi connectivity index (χ3n) is 4.09. The van der Waals surface area contributed by atoms with Crippen LogP contribution in [-0.2, 0) is 11.3 Å². The summed E-state index contributed by atoms with van der Waals surface area (Å²) in [5.74, 6) is -0.824. The zero-order valence-electron chi connectivity index (χ0n) is 14.8. The smallest absolute Gasteiger partial charge is 0.260 e. The zero-order valence-corrected chi connectivity index (χ0v) is 15.6. The number of nitrogens with two attached hydrogens (primary N) is 1. The number of hydrogen-bond donors (Lipinski definition) is 2. The number of amides is 2. The summed E-state index contributed by atoms with van der Waals surface area (Å²) in [4.78, 5) is 30.0. The highest BCUT2D eigenvalue weighted by atomic mass is 32.1. The number of carbonyl (C=O) groups is 2. The van der Waals surface area contributed by atoms with Crippen molar-refractivity contribution in [1.82, 2.24) is 9.88 Å². The number of ether oxygens (including phenoxy) is 1. The molecule has 0 aliphatic carbocycles. The molecule has 0 spiro atoms. The number of hydrogen-bond acceptors (Lipinski definition) is 6. The number of benzene rings is 1. The Bertz CT molecular complexity index is 780. The van der Waals surface area contributed by atoms with Gasteiger partial charge in [-0.15, -0.1) is 0 Å². The molecule has 1 aromatic carbocycles. The van der Waals surface area contributed by atoms with Gasteiger partial charge < -0.3 is 10.5 Å². The quantitative estimate of drug-likeness (QED) is 0.835. The number of nitrogens with one attached hydrogen (secondary N) is 1. The molecule has 8 heteroatoms. The number of rotatable bonds is 5. The fourth-order valence-corrected chi connectivity index (χ4v) is 3.71. The summed E-state index contributed by atoms with van der Waals surface area (Å²) in [6.45, 7) is 6.79. The standard InChI is InChI=1S/C18H22N4O3S/c1-11-8-22(9-12(2)25-11)10-13-3-5-14(6-4-13)17(24)21-18-20-7-15(26-18)16(19)23/h3-7,11-12H,8-10H2,1-2H3,(H2,19,23)(H,20,21,24). The Morgan fingerprint density at radius 3 is 2.50 bits per heavy atom. The molecule has 0 saturated carbocycles. The highest BCUT2D eigenvalue weighted by Crippen LogP contribution is 2.19. The molecule has 138 valence electrons. The van der Waals surface area contributed by atoms with Crippen LogP contribution in [0.15, 0.2) is 30.5 Å². The van der Waals surface area contributed by atoms with Gasteiger partial charge in [0.05, 0.1) is 18.4 Å². The number of aromatic nitrogens is 1. The van der Waals surface area contributed by atoms with Gasteiger partial charge in [0, 0.05) is 25.2 Å². The Labute approximate surface area is 156 Å². The lowest BCUT2D eigenvalue weighted by atomic mass is 10.1. The lowest BCUT2D eigenvalue weighted by Crippen LogP contribution is -2.44. The Balaban J connectivity index is 1.59. The number of primary amides is 1. The van der Waals surface area contributed by atoms with Gasteiger partial charge >= 0.3 is 0 Å². The van der Waals surface area contributed by atoms with E-state index in [1.54, 1.807) is 12.1 Å². The van der Waals surface area contributed by atoms with Crippen molar-refractivity contribution in [3.05, 3.63) is 46.5 Å². The average molecular weight is 374 g/mol. The molecule has 2 aromatic rings. The van der Waals surface area contributed by atoms with Crippen LogP contribution in [0.2, 0.25) is 0 Å². The number of nitrogens with zero attached hydrogens (tertiary/aromatic N) is 2. The Morgan fingerprint density at radius 1 is 1.27 bits per heavy atom. The summed E-state index contributed by atoms with van der Waals surface area (Å²) in [7, 11) is 0. The predicted molar refractivity (Wildman–Crippen MR) is 100 cm³/mol. The minimum absolute atomic E-state index is 0.229. The van der Waals surface area contributed by atoms with Gasteiger partial charge in [-0.2, -0.15) is 0 Å². The molecule has 1 saturated heterocycles. The molecule has 3 rings (SSSR count). The van der Waals surface area contributed by atoms with Gasteiger partial charge in [-0.25, -0.2) is 4.98 Å². The fraction of sp³-hybridized carbons (Fsp3) is 0.389. The van der Waals surface area contributed by atoms with Gasteiger partial charge in [0.1, 0.15) is 4.88 Å². The summed E-state index contributed by atoms with van der Waals surface area (Å²) >= 11 is 1.05. The van der Waals surface area contributed by atoms with Crippen molar-refractivity contribution >= 4 is 28.3 Å². The molecule has 1 aliphatic heterocycles. The maximum atomic E-state index is 12.3. The van der Waals surface area contributed by atoms with E-state index in [1.807, 2.05) is 12.1 Å². The molecule has 2 unspecified atom stereocenters. The normalized spacial score (nSPS) is 20.7. The molecule has 2 amide bonds. The first-order chi connectivity index (χ1) is 12.4. The number of carbonyl (C=O) groups excluding carboxylic acids is 2. The van der Waals surface area contributed by atoms with Crippen molar-refractivity contribution in [1.29, 1.82) is 0 Å². The number of thiazole rings is 1. The largest absolute Gasteiger partial charge is 0.373 e. The molecule has 2 heterocycles. The second-order valence-electron chi connectivity index (χ2n) is 6.50. The van der Waals surface area contributed by atoms with E-state index < -0.39 is 5.91 Å². The predicted octanol–water partition coefficient (Wildman–Crippen LogP) is 2.10. The van der Waals surface area contributed by atoms with Crippen LogP contribution in [0.25, 0.3) is 0 Å². The highest BCUT2D eigenvalue weighted by Gasteiger charge is 2.22. The third-order valence-corrected chi connectivity index (χ3v) is 5.01. The van der Waals surface area contributed by atoms with Gasteiger partial charge in [0.25, 0.3) is 11.8 Å². The van der Waals surface area contributed by atoms with Crippen LogP contribution in [0.5, 0.6) is 0 Å². The van der Waals surface area contributed by atoms with E-state index in [-0.39, 0.29) is 18.1 Å². The van der Waals surface area contributed by atoms with Crippen LogP contribution in [0.1, 0.15) is 39.4 Å². The first kappa shape index (κ1) is 18.5. The second-order valence-corrected chi connectivity index (χ2v) is 7.53. The van der Waals surface area contributed by atoms with E-state index in [1.165, 1.54) is 6.20 Å². The lowest BCUT2D eigenvalue weighted by Gasteiger charge is -2.35. The zero-order chi connectivity index (χ0) is 18.7. The van der Waals surface area contributed by atoms with Crippen LogP contribution in [-0.4, -0.2) is 47.0 Å². The van der Waals surface area contributed by atoms with Crippen molar-refractivity contribution < 1.29 is 14.3 Å². The number of anilines is 1. The Hall–Kier alpha value is -2.29. The Morgan fingerprint density at radius 2 is 1.92 bits per heavy atom. The van der Waals surface area contributed by atoms with Crippen LogP contribution in [0, 0.1) is 0 Å². The van der Waals surface area contributed by atoms with E-state index in [4.69, 9.17) is 10.5 Å². The van der Waals surface area contributed by atoms with Crippen molar-refractivity contribution in [2.24, 2.45) is 5.73 Å².